The van der Waals surface area contributed by atoms with Crippen LogP contribution in [0.15, 0.2) is 59.1 Å². The van der Waals surface area contributed by atoms with Gasteiger partial charge in [-0.3, -0.25) is 4.79 Å². The normalized spacial score (nSPS) is 11.9. The second-order valence-electron chi connectivity index (χ2n) is 6.08. The Bertz CT molecular complexity index is 843. The number of carbonyl (C=O) groups excluding carboxylic acids is 1. The van der Waals surface area contributed by atoms with Crippen molar-refractivity contribution in [2.24, 2.45) is 0 Å². The zero-order chi connectivity index (χ0) is 17.6. The van der Waals surface area contributed by atoms with Gasteiger partial charge in [-0.25, -0.2) is 0 Å². The molecule has 2 aromatic carbocycles. The lowest BCUT2D eigenvalue weighted by Crippen LogP contribution is -2.26. The Morgan fingerprint density at radius 3 is 2.72 bits per heavy atom. The number of rotatable bonds is 6. The molecule has 1 atom stereocenters. The molecule has 0 aliphatic heterocycles. The van der Waals surface area contributed by atoms with Crippen LogP contribution in [0.3, 0.4) is 0 Å². The van der Waals surface area contributed by atoms with Gasteiger partial charge in [0.2, 0.25) is 17.6 Å². The van der Waals surface area contributed by atoms with Crippen LogP contribution in [0.5, 0.6) is 0 Å². The molecule has 128 valence electrons. The Kier molecular flexibility index (Phi) is 5.23. The molecule has 0 saturated carbocycles. The molecule has 0 spiro atoms. The fraction of sp³-hybridized carbons (Fsp3) is 0.250. The van der Waals surface area contributed by atoms with E-state index in [2.05, 4.69) is 15.5 Å². The van der Waals surface area contributed by atoms with E-state index in [0.29, 0.717) is 24.6 Å². The van der Waals surface area contributed by atoms with Crippen molar-refractivity contribution in [2.75, 3.05) is 0 Å². The number of nitrogens with zero attached hydrogens (tertiary/aromatic N) is 2. The molecule has 0 saturated heterocycles. The summed E-state index contributed by atoms with van der Waals surface area (Å²) in [4.78, 5) is 16.5. The first-order valence-electron chi connectivity index (χ1n) is 8.36. The van der Waals surface area contributed by atoms with Gasteiger partial charge in [0, 0.05) is 18.4 Å². The van der Waals surface area contributed by atoms with Gasteiger partial charge >= 0.3 is 0 Å². The summed E-state index contributed by atoms with van der Waals surface area (Å²) in [5.41, 5.74) is 3.13. The van der Waals surface area contributed by atoms with Crippen molar-refractivity contribution in [3.8, 4) is 11.4 Å². The summed E-state index contributed by atoms with van der Waals surface area (Å²) >= 11 is 0. The highest BCUT2D eigenvalue weighted by Gasteiger charge is 2.13. The maximum Gasteiger partial charge on any atom is 0.227 e. The number of hydrogen-bond donors (Lipinski definition) is 1. The summed E-state index contributed by atoms with van der Waals surface area (Å²) in [6.45, 7) is 3.98. The molecule has 1 amide bonds. The number of hydrogen-bond acceptors (Lipinski definition) is 4. The van der Waals surface area contributed by atoms with Gasteiger partial charge in [0.1, 0.15) is 0 Å². The Morgan fingerprint density at radius 2 is 1.96 bits per heavy atom. The quantitative estimate of drug-likeness (QED) is 0.743. The first-order valence-corrected chi connectivity index (χ1v) is 8.36. The maximum absolute atomic E-state index is 12.1. The lowest BCUT2D eigenvalue weighted by molar-refractivity contribution is -0.121. The molecule has 0 fully saturated rings. The Hall–Kier alpha value is -2.95. The van der Waals surface area contributed by atoms with Crippen LogP contribution < -0.4 is 5.32 Å². The van der Waals surface area contributed by atoms with E-state index in [0.717, 1.165) is 16.7 Å². The molecular weight excluding hydrogens is 314 g/mol. The van der Waals surface area contributed by atoms with Gasteiger partial charge in [-0.05, 0) is 25.5 Å². The molecular formula is C20H21N3O2. The van der Waals surface area contributed by atoms with Crippen molar-refractivity contribution in [1.29, 1.82) is 0 Å². The van der Waals surface area contributed by atoms with Crippen LogP contribution in [0.25, 0.3) is 11.4 Å². The van der Waals surface area contributed by atoms with Crippen LogP contribution >= 0.6 is 0 Å². The molecule has 1 aromatic heterocycles. The standard InChI is InChI=1S/C20H21N3O2/c1-14-7-6-10-17(13-14)20-22-19(25-23-20)12-11-18(24)21-15(2)16-8-4-3-5-9-16/h3-10,13,15H,11-12H2,1-2H3,(H,21,24)/t15-/m0/s1. The van der Waals surface area contributed by atoms with E-state index in [-0.39, 0.29) is 11.9 Å². The molecule has 1 N–H and O–H groups in total. The first kappa shape index (κ1) is 16.9. The number of carbonyl (C=O) groups is 1. The molecule has 5 heteroatoms. The lowest BCUT2D eigenvalue weighted by atomic mass is 10.1. The van der Waals surface area contributed by atoms with Crippen molar-refractivity contribution in [3.63, 3.8) is 0 Å². The largest absolute Gasteiger partial charge is 0.350 e. The zero-order valence-corrected chi connectivity index (χ0v) is 14.4. The van der Waals surface area contributed by atoms with Gasteiger partial charge in [-0.2, -0.15) is 4.98 Å². The minimum absolute atomic E-state index is 0.0285. The average Bonchev–Trinajstić information content (AvgIpc) is 3.10. The molecule has 0 unspecified atom stereocenters. The van der Waals surface area contributed by atoms with Gasteiger partial charge in [-0.1, -0.05) is 59.3 Å². The molecule has 0 bridgehead atoms. The summed E-state index contributed by atoms with van der Waals surface area (Å²) < 4.78 is 5.26. The number of benzene rings is 2. The third-order valence-electron chi connectivity index (χ3n) is 3.99. The molecule has 25 heavy (non-hydrogen) atoms. The fourth-order valence-corrected chi connectivity index (χ4v) is 2.62. The fourth-order valence-electron chi connectivity index (χ4n) is 2.62. The number of aryl methyl sites for hydroxylation is 2. The van der Waals surface area contributed by atoms with Crippen molar-refractivity contribution in [1.82, 2.24) is 15.5 Å². The summed E-state index contributed by atoms with van der Waals surface area (Å²) in [6.07, 6.45) is 0.735. The topological polar surface area (TPSA) is 68.0 Å². The number of nitrogens with one attached hydrogen (secondary N) is 1. The minimum Gasteiger partial charge on any atom is -0.350 e. The monoisotopic (exact) mass is 335 g/mol. The van der Waals surface area contributed by atoms with Gasteiger partial charge < -0.3 is 9.84 Å². The van der Waals surface area contributed by atoms with E-state index in [1.807, 2.05) is 68.4 Å². The lowest BCUT2D eigenvalue weighted by Gasteiger charge is -2.13. The van der Waals surface area contributed by atoms with Crippen LogP contribution in [0.1, 0.15) is 36.4 Å². The van der Waals surface area contributed by atoms with E-state index in [1.165, 1.54) is 0 Å². The Balaban J connectivity index is 1.54. The molecule has 0 radical (unpaired) electrons. The highest BCUT2D eigenvalue weighted by atomic mass is 16.5. The van der Waals surface area contributed by atoms with Gasteiger partial charge in [0.25, 0.3) is 0 Å². The minimum atomic E-state index is -0.0355. The van der Waals surface area contributed by atoms with Crippen LogP contribution in [-0.2, 0) is 11.2 Å². The van der Waals surface area contributed by atoms with Crippen molar-refractivity contribution >= 4 is 5.91 Å². The van der Waals surface area contributed by atoms with Crippen LogP contribution in [0.4, 0.5) is 0 Å². The predicted molar refractivity (Wildman–Crippen MR) is 95.8 cm³/mol. The summed E-state index contributed by atoms with van der Waals surface area (Å²) in [6, 6.07) is 17.8. The van der Waals surface area contributed by atoms with Crippen LogP contribution in [-0.4, -0.2) is 16.0 Å². The zero-order valence-electron chi connectivity index (χ0n) is 14.4. The smallest absolute Gasteiger partial charge is 0.227 e. The second kappa shape index (κ2) is 7.75. The summed E-state index contributed by atoms with van der Waals surface area (Å²) in [5, 5.41) is 6.98. The van der Waals surface area contributed by atoms with Gasteiger partial charge in [-0.15, -0.1) is 0 Å². The first-order chi connectivity index (χ1) is 12.1. The maximum atomic E-state index is 12.1. The van der Waals surface area contributed by atoms with Crippen molar-refractivity contribution < 1.29 is 9.32 Å². The predicted octanol–water partition coefficient (Wildman–Crippen LogP) is 3.86. The molecule has 0 aliphatic rings. The number of amides is 1. The van der Waals surface area contributed by atoms with E-state index in [1.54, 1.807) is 0 Å². The SMILES string of the molecule is Cc1cccc(-c2noc(CCC(=O)N[C@@H](C)c3ccccc3)n2)c1. The van der Waals surface area contributed by atoms with E-state index < -0.39 is 0 Å². The highest BCUT2D eigenvalue weighted by molar-refractivity contribution is 5.76. The molecule has 5 nitrogen and oxygen atoms in total. The molecule has 3 rings (SSSR count). The molecule has 1 heterocycles. The van der Waals surface area contributed by atoms with Crippen LogP contribution in [0, 0.1) is 6.92 Å². The average molecular weight is 335 g/mol. The number of aromatic nitrogens is 2. The summed E-state index contributed by atoms with van der Waals surface area (Å²) in [5.74, 6) is 0.988. The van der Waals surface area contributed by atoms with Crippen molar-refractivity contribution in [2.45, 2.75) is 32.7 Å². The third-order valence-corrected chi connectivity index (χ3v) is 3.99. The Labute approximate surface area is 147 Å². The molecule has 0 aliphatic carbocycles. The Morgan fingerprint density at radius 1 is 1.16 bits per heavy atom. The van der Waals surface area contributed by atoms with E-state index >= 15 is 0 Å². The van der Waals surface area contributed by atoms with Crippen molar-refractivity contribution in [3.05, 3.63) is 71.6 Å². The highest BCUT2D eigenvalue weighted by Crippen LogP contribution is 2.17. The van der Waals surface area contributed by atoms with Gasteiger partial charge in [0.15, 0.2) is 0 Å². The summed E-state index contributed by atoms with van der Waals surface area (Å²) in [7, 11) is 0. The third kappa shape index (κ3) is 4.53. The van der Waals surface area contributed by atoms with E-state index in [4.69, 9.17) is 4.52 Å². The van der Waals surface area contributed by atoms with E-state index in [9.17, 15) is 4.79 Å². The van der Waals surface area contributed by atoms with Crippen LogP contribution in [0.2, 0.25) is 0 Å². The van der Waals surface area contributed by atoms with Gasteiger partial charge in [0.05, 0.1) is 6.04 Å². The molecule has 3 aromatic rings. The second-order valence-corrected chi connectivity index (χ2v) is 6.08.